The lowest BCUT2D eigenvalue weighted by Gasteiger charge is -2.00. The average molecular weight is 310 g/mol. The van der Waals surface area contributed by atoms with Gasteiger partial charge in [-0.25, -0.2) is 4.98 Å². The number of ketones is 1. The van der Waals surface area contributed by atoms with Gasteiger partial charge in [-0.05, 0) is 24.6 Å². The second-order valence-corrected chi connectivity index (χ2v) is 4.96. The van der Waals surface area contributed by atoms with E-state index in [1.807, 2.05) is 19.1 Å². The molecule has 7 heteroatoms. The second kappa shape index (κ2) is 6.27. The Bertz CT molecular complexity index is 836. The van der Waals surface area contributed by atoms with Gasteiger partial charge < -0.3 is 9.52 Å². The molecule has 0 aliphatic rings. The number of aliphatic hydroxyl groups is 1. The highest BCUT2D eigenvalue weighted by Crippen LogP contribution is 2.24. The van der Waals surface area contributed by atoms with Crippen LogP contribution in [0.5, 0.6) is 0 Å². The van der Waals surface area contributed by atoms with Crippen molar-refractivity contribution >= 4 is 11.5 Å². The van der Waals surface area contributed by atoms with Crippen molar-refractivity contribution in [3.8, 4) is 0 Å². The van der Waals surface area contributed by atoms with Crippen LogP contribution in [0.4, 0.5) is 0 Å². The molecule has 0 aromatic carbocycles. The molecular formula is C16H14N4O3. The minimum atomic E-state index is -0.462. The second-order valence-electron chi connectivity index (χ2n) is 4.96. The van der Waals surface area contributed by atoms with Crippen LogP contribution in [0, 0.1) is 6.92 Å². The lowest BCUT2D eigenvalue weighted by Crippen LogP contribution is -1.99. The molecule has 3 aromatic rings. The van der Waals surface area contributed by atoms with Crippen LogP contribution in [0.15, 0.2) is 47.6 Å². The van der Waals surface area contributed by atoms with Gasteiger partial charge in [0.25, 0.3) is 0 Å². The number of H-pyrrole nitrogens is 1. The lowest BCUT2D eigenvalue weighted by molar-refractivity contribution is 0.103. The topological polar surface area (TPSA) is 105 Å². The number of aromatic nitrogens is 4. The number of hydrogen-bond donors (Lipinski definition) is 2. The Morgan fingerprint density at radius 3 is 2.87 bits per heavy atom. The molecular weight excluding hydrogens is 296 g/mol. The van der Waals surface area contributed by atoms with Crippen LogP contribution in [0.1, 0.15) is 33.1 Å². The normalized spacial score (nSPS) is 11.6. The van der Waals surface area contributed by atoms with Crippen LogP contribution < -0.4 is 0 Å². The first-order valence-corrected chi connectivity index (χ1v) is 6.91. The Morgan fingerprint density at radius 1 is 1.39 bits per heavy atom. The Balaban J connectivity index is 1.82. The van der Waals surface area contributed by atoms with Crippen LogP contribution in [0.25, 0.3) is 5.76 Å². The van der Waals surface area contributed by atoms with Crippen molar-refractivity contribution in [2.45, 2.75) is 13.3 Å². The number of hydrogen-bond acceptors (Lipinski definition) is 6. The number of carbonyl (C=O) groups is 1. The number of allylic oxidation sites excluding steroid dienone is 1. The van der Waals surface area contributed by atoms with Crippen molar-refractivity contribution in [3.05, 3.63) is 71.5 Å². The molecule has 2 N–H and O–H groups in total. The third kappa shape index (κ3) is 3.18. The summed E-state index contributed by atoms with van der Waals surface area (Å²) in [5, 5.41) is 16.2. The van der Waals surface area contributed by atoms with Crippen LogP contribution in [0.2, 0.25) is 0 Å². The first-order valence-electron chi connectivity index (χ1n) is 6.91. The highest BCUT2D eigenvalue weighted by atomic mass is 16.3. The third-order valence-electron chi connectivity index (χ3n) is 3.45. The predicted octanol–water partition coefficient (Wildman–Crippen LogP) is 2.47. The molecule has 0 atom stereocenters. The molecule has 0 fully saturated rings. The molecule has 0 spiro atoms. The summed E-state index contributed by atoms with van der Waals surface area (Å²) in [5.74, 6) is 0.151. The van der Waals surface area contributed by atoms with Crippen LogP contribution in [-0.4, -0.2) is 31.1 Å². The molecule has 0 amide bonds. The van der Waals surface area contributed by atoms with E-state index in [1.165, 1.54) is 12.6 Å². The molecule has 0 bridgehead atoms. The quantitative estimate of drug-likeness (QED) is 0.426. The Labute approximate surface area is 131 Å². The molecule has 0 aliphatic carbocycles. The van der Waals surface area contributed by atoms with Gasteiger partial charge in [-0.1, -0.05) is 0 Å². The first-order chi connectivity index (χ1) is 11.1. The molecule has 116 valence electrons. The van der Waals surface area contributed by atoms with Crippen molar-refractivity contribution in [2.24, 2.45) is 0 Å². The average Bonchev–Trinajstić information content (AvgIpc) is 3.19. The van der Waals surface area contributed by atoms with Gasteiger partial charge in [0, 0.05) is 30.5 Å². The zero-order valence-electron chi connectivity index (χ0n) is 12.4. The van der Waals surface area contributed by atoms with Crippen molar-refractivity contribution < 1.29 is 14.3 Å². The first kappa shape index (κ1) is 14.7. The number of pyridine rings is 1. The van der Waals surface area contributed by atoms with Crippen molar-refractivity contribution in [2.75, 3.05) is 0 Å². The summed E-state index contributed by atoms with van der Waals surface area (Å²) >= 11 is 0. The fourth-order valence-electron chi connectivity index (χ4n) is 2.16. The molecule has 3 aromatic heterocycles. The summed E-state index contributed by atoms with van der Waals surface area (Å²) in [6.45, 7) is 1.83. The van der Waals surface area contributed by atoms with E-state index < -0.39 is 5.78 Å². The maximum absolute atomic E-state index is 11.9. The number of furan rings is 1. The predicted molar refractivity (Wildman–Crippen MR) is 81.8 cm³/mol. The van der Waals surface area contributed by atoms with E-state index in [0.717, 1.165) is 23.0 Å². The number of carbonyl (C=O) groups excluding carboxylic acids is 1. The van der Waals surface area contributed by atoms with Crippen molar-refractivity contribution in [1.29, 1.82) is 0 Å². The molecule has 0 unspecified atom stereocenters. The zero-order valence-corrected chi connectivity index (χ0v) is 12.4. The van der Waals surface area contributed by atoms with Crippen LogP contribution in [-0.2, 0) is 6.42 Å². The summed E-state index contributed by atoms with van der Waals surface area (Å²) in [4.78, 5) is 19.6. The maximum atomic E-state index is 11.9. The molecule has 7 nitrogen and oxygen atoms in total. The van der Waals surface area contributed by atoms with Crippen molar-refractivity contribution in [1.82, 2.24) is 20.2 Å². The number of rotatable bonds is 5. The molecule has 3 heterocycles. The highest BCUT2D eigenvalue weighted by Gasteiger charge is 2.15. The largest absolute Gasteiger partial charge is 0.507 e. The molecule has 23 heavy (non-hydrogen) atoms. The number of nitrogens with zero attached hydrogens (tertiary/aromatic N) is 3. The Kier molecular flexibility index (Phi) is 4.01. The maximum Gasteiger partial charge on any atom is 0.226 e. The van der Waals surface area contributed by atoms with Gasteiger partial charge >= 0.3 is 0 Å². The van der Waals surface area contributed by atoms with E-state index in [4.69, 9.17) is 4.42 Å². The summed E-state index contributed by atoms with van der Waals surface area (Å²) in [6.07, 6.45) is 7.76. The molecule has 0 radical (unpaired) electrons. The molecule has 0 saturated heterocycles. The van der Waals surface area contributed by atoms with Gasteiger partial charge in [0.05, 0.1) is 5.56 Å². The molecule has 0 saturated carbocycles. The summed E-state index contributed by atoms with van der Waals surface area (Å²) in [7, 11) is 0. The van der Waals surface area contributed by atoms with Gasteiger partial charge in [-0.2, -0.15) is 5.10 Å². The fraction of sp³-hybridized carbons (Fsp3) is 0.125. The van der Waals surface area contributed by atoms with E-state index in [-0.39, 0.29) is 11.6 Å². The van der Waals surface area contributed by atoms with Gasteiger partial charge in [-0.15, -0.1) is 0 Å². The number of aromatic amines is 1. The number of nitrogens with one attached hydrogen (secondary N) is 1. The fourth-order valence-corrected chi connectivity index (χ4v) is 2.16. The van der Waals surface area contributed by atoms with E-state index in [2.05, 4.69) is 20.2 Å². The molecule has 3 rings (SSSR count). The van der Waals surface area contributed by atoms with Crippen LogP contribution in [0.3, 0.4) is 0 Å². The standard InChI is InChI=1S/C16H14N4O3/c1-10-12(13(21)7-14(22)16-18-9-19-20-16)8-23-15(10)6-11-2-4-17-5-3-11/h2-5,7-9,21H,6H2,1H3,(H,18,19,20). The molecule has 0 aliphatic heterocycles. The third-order valence-corrected chi connectivity index (χ3v) is 3.45. The Morgan fingerprint density at radius 2 is 2.17 bits per heavy atom. The minimum absolute atomic E-state index is 0.0645. The number of aliphatic hydroxyl groups excluding tert-OH is 1. The lowest BCUT2D eigenvalue weighted by atomic mass is 10.1. The highest BCUT2D eigenvalue weighted by molar-refractivity contribution is 6.05. The van der Waals surface area contributed by atoms with E-state index in [9.17, 15) is 9.90 Å². The van der Waals surface area contributed by atoms with E-state index >= 15 is 0 Å². The summed E-state index contributed by atoms with van der Waals surface area (Å²) < 4.78 is 5.52. The summed E-state index contributed by atoms with van der Waals surface area (Å²) in [5.41, 5.74) is 2.30. The Hall–Kier alpha value is -3.22. The smallest absolute Gasteiger partial charge is 0.226 e. The monoisotopic (exact) mass is 310 g/mol. The van der Waals surface area contributed by atoms with Gasteiger partial charge in [0.1, 0.15) is 24.1 Å². The van der Waals surface area contributed by atoms with E-state index in [0.29, 0.717) is 12.0 Å². The van der Waals surface area contributed by atoms with Gasteiger partial charge in [0.2, 0.25) is 5.78 Å². The minimum Gasteiger partial charge on any atom is -0.507 e. The summed E-state index contributed by atoms with van der Waals surface area (Å²) in [6, 6.07) is 3.79. The SMILES string of the molecule is Cc1c(C(O)=CC(=O)c2ncn[nH]2)coc1Cc1ccncc1. The zero-order chi connectivity index (χ0) is 16.2. The van der Waals surface area contributed by atoms with Crippen LogP contribution >= 0.6 is 0 Å². The van der Waals surface area contributed by atoms with Gasteiger partial charge in [-0.3, -0.25) is 14.9 Å². The van der Waals surface area contributed by atoms with Gasteiger partial charge in [0.15, 0.2) is 5.82 Å². The van der Waals surface area contributed by atoms with E-state index in [1.54, 1.807) is 12.4 Å². The van der Waals surface area contributed by atoms with Crippen molar-refractivity contribution in [3.63, 3.8) is 0 Å².